The van der Waals surface area contributed by atoms with Crippen LogP contribution < -0.4 is 0 Å². The van der Waals surface area contributed by atoms with Crippen LogP contribution in [0.5, 0.6) is 11.5 Å². The van der Waals surface area contributed by atoms with Gasteiger partial charge in [-0.25, -0.2) is 0 Å². The number of phenols is 2. The van der Waals surface area contributed by atoms with Crippen molar-refractivity contribution in [3.63, 3.8) is 0 Å². The van der Waals surface area contributed by atoms with Crippen molar-refractivity contribution in [1.29, 1.82) is 0 Å². The van der Waals surface area contributed by atoms with E-state index >= 15 is 0 Å². The molecule has 0 amide bonds. The number of carboxylic acids is 1. The molecular formula is C14H24O8. The van der Waals surface area contributed by atoms with Gasteiger partial charge in [-0.2, -0.15) is 0 Å². The maximum Gasteiger partial charge on any atom is 0.303 e. The summed E-state index contributed by atoms with van der Waals surface area (Å²) in [4.78, 5) is 9.37. The first-order valence-electron chi connectivity index (χ1n) is 6.44. The molecule has 0 heterocycles. The Kier molecular flexibility index (Phi) is 13.1. The lowest BCUT2D eigenvalue weighted by Crippen LogP contribution is -2.37. The van der Waals surface area contributed by atoms with E-state index in [1.165, 1.54) is 12.1 Å². The number of carbonyl (C=O) groups is 1. The molecular weight excluding hydrogens is 296 g/mol. The Labute approximate surface area is 128 Å². The van der Waals surface area contributed by atoms with Crippen LogP contribution >= 0.6 is 0 Å². The van der Waals surface area contributed by atoms with Crippen LogP contribution in [0.3, 0.4) is 0 Å². The van der Waals surface area contributed by atoms with Gasteiger partial charge in [-0.1, -0.05) is 19.1 Å². The maximum absolute atomic E-state index is 9.37. The van der Waals surface area contributed by atoms with Crippen molar-refractivity contribution in [2.75, 3.05) is 26.4 Å². The van der Waals surface area contributed by atoms with Gasteiger partial charge in [0.05, 0.1) is 31.8 Å². The van der Waals surface area contributed by atoms with Gasteiger partial charge in [0.2, 0.25) is 0 Å². The van der Waals surface area contributed by atoms with Gasteiger partial charge < -0.3 is 35.7 Å². The molecule has 0 aliphatic rings. The number of para-hydroxylation sites is 2. The SMILES string of the molecule is CCC(=O)O.OCC(CO)(CO)CO.Oc1ccccc1O. The lowest BCUT2D eigenvalue weighted by molar-refractivity contribution is -0.136. The minimum atomic E-state index is -1.11. The fourth-order valence-electron chi connectivity index (χ4n) is 0.764. The Morgan fingerprint density at radius 1 is 0.909 bits per heavy atom. The second-order valence-electron chi connectivity index (χ2n) is 4.37. The smallest absolute Gasteiger partial charge is 0.303 e. The average Bonchev–Trinajstić information content (AvgIpc) is 2.54. The van der Waals surface area contributed by atoms with E-state index in [-0.39, 0.29) is 17.9 Å². The maximum atomic E-state index is 9.37. The number of aliphatic hydroxyl groups is 4. The monoisotopic (exact) mass is 320 g/mol. The number of aliphatic carboxylic acids is 1. The molecule has 0 aliphatic carbocycles. The van der Waals surface area contributed by atoms with Gasteiger partial charge in [-0.3, -0.25) is 4.79 Å². The quantitative estimate of drug-likeness (QED) is 0.358. The summed E-state index contributed by atoms with van der Waals surface area (Å²) in [6, 6.07) is 6.15. The lowest BCUT2D eigenvalue weighted by Gasteiger charge is -2.23. The third kappa shape index (κ3) is 9.94. The third-order valence-corrected chi connectivity index (χ3v) is 2.53. The highest BCUT2D eigenvalue weighted by atomic mass is 16.4. The van der Waals surface area contributed by atoms with Gasteiger partial charge in [0, 0.05) is 6.42 Å². The second kappa shape index (κ2) is 12.8. The van der Waals surface area contributed by atoms with Crippen LogP contribution in [-0.4, -0.2) is 68.1 Å². The van der Waals surface area contributed by atoms with Gasteiger partial charge >= 0.3 is 5.97 Å². The normalized spacial score (nSPS) is 9.86. The fourth-order valence-corrected chi connectivity index (χ4v) is 0.764. The molecule has 8 heteroatoms. The number of benzene rings is 1. The van der Waals surface area contributed by atoms with E-state index in [4.69, 9.17) is 35.7 Å². The standard InChI is InChI=1S/C6H6O2.C5H12O4.C3H6O2/c7-5-3-1-2-4-6(5)8;6-1-5(2-7,3-8)4-9;1-2-3(4)5/h1-4,7-8H;6-9H,1-4H2;2H2,1H3,(H,4,5). The van der Waals surface area contributed by atoms with Crippen molar-refractivity contribution in [3.05, 3.63) is 24.3 Å². The molecule has 7 N–H and O–H groups in total. The van der Waals surface area contributed by atoms with E-state index in [1.807, 2.05) is 0 Å². The molecule has 0 saturated heterocycles. The minimum absolute atomic E-state index is 0.0764. The molecule has 0 aromatic heterocycles. The van der Waals surface area contributed by atoms with Crippen molar-refractivity contribution in [1.82, 2.24) is 0 Å². The summed E-state index contributed by atoms with van der Waals surface area (Å²) in [7, 11) is 0. The largest absolute Gasteiger partial charge is 0.504 e. The first-order chi connectivity index (χ1) is 10.3. The summed E-state index contributed by atoms with van der Waals surface area (Å²) in [6.07, 6.45) is 0.222. The molecule has 0 aliphatic heterocycles. The number of hydrogen-bond donors (Lipinski definition) is 7. The van der Waals surface area contributed by atoms with Crippen molar-refractivity contribution < 1.29 is 40.5 Å². The molecule has 22 heavy (non-hydrogen) atoms. The summed E-state index contributed by atoms with van der Waals surface area (Å²) < 4.78 is 0. The Bertz CT molecular complexity index is 365. The molecule has 0 radical (unpaired) electrons. The zero-order valence-corrected chi connectivity index (χ0v) is 12.4. The highest BCUT2D eigenvalue weighted by molar-refractivity contribution is 5.66. The van der Waals surface area contributed by atoms with Crippen LogP contribution in [0.1, 0.15) is 13.3 Å². The molecule has 1 rings (SSSR count). The Morgan fingerprint density at radius 3 is 1.27 bits per heavy atom. The molecule has 1 aromatic carbocycles. The second-order valence-corrected chi connectivity index (χ2v) is 4.37. The molecule has 0 atom stereocenters. The number of aromatic hydroxyl groups is 2. The third-order valence-electron chi connectivity index (χ3n) is 2.53. The van der Waals surface area contributed by atoms with E-state index in [9.17, 15) is 4.79 Å². The van der Waals surface area contributed by atoms with Crippen molar-refractivity contribution in [2.45, 2.75) is 13.3 Å². The molecule has 8 nitrogen and oxygen atoms in total. The van der Waals surface area contributed by atoms with E-state index in [0.29, 0.717) is 0 Å². The highest BCUT2D eigenvalue weighted by Crippen LogP contribution is 2.21. The summed E-state index contributed by atoms with van der Waals surface area (Å²) in [5, 5.41) is 59.0. The highest BCUT2D eigenvalue weighted by Gasteiger charge is 2.26. The summed E-state index contributed by atoms with van der Waals surface area (Å²) in [6.45, 7) is -0.0255. The van der Waals surface area contributed by atoms with Crippen LogP contribution in [0.2, 0.25) is 0 Å². The van der Waals surface area contributed by atoms with Gasteiger partial charge in [-0.05, 0) is 12.1 Å². The average molecular weight is 320 g/mol. The summed E-state index contributed by atoms with van der Waals surface area (Å²) in [5.41, 5.74) is -1.11. The fraction of sp³-hybridized carbons (Fsp3) is 0.500. The van der Waals surface area contributed by atoms with E-state index in [1.54, 1.807) is 19.1 Å². The van der Waals surface area contributed by atoms with Gasteiger partial charge in [0.25, 0.3) is 0 Å². The summed E-state index contributed by atoms with van der Waals surface area (Å²) in [5.74, 6) is -0.898. The van der Waals surface area contributed by atoms with E-state index < -0.39 is 37.8 Å². The van der Waals surface area contributed by atoms with E-state index in [2.05, 4.69) is 0 Å². The molecule has 0 unspecified atom stereocenters. The predicted molar refractivity (Wildman–Crippen MR) is 78.5 cm³/mol. The van der Waals surface area contributed by atoms with Gasteiger partial charge in [0.15, 0.2) is 11.5 Å². The first-order valence-corrected chi connectivity index (χ1v) is 6.44. The molecule has 0 fully saturated rings. The zero-order chi connectivity index (χ0) is 17.6. The van der Waals surface area contributed by atoms with Crippen LogP contribution in [0.4, 0.5) is 0 Å². The van der Waals surface area contributed by atoms with Crippen LogP contribution in [0.15, 0.2) is 24.3 Å². The van der Waals surface area contributed by atoms with Crippen molar-refractivity contribution >= 4 is 5.97 Å². The van der Waals surface area contributed by atoms with Crippen molar-refractivity contribution in [2.24, 2.45) is 5.41 Å². The van der Waals surface area contributed by atoms with Crippen LogP contribution in [0, 0.1) is 5.41 Å². The van der Waals surface area contributed by atoms with Gasteiger partial charge in [-0.15, -0.1) is 0 Å². The Balaban J connectivity index is 0. The van der Waals surface area contributed by atoms with Crippen LogP contribution in [0.25, 0.3) is 0 Å². The Morgan fingerprint density at radius 2 is 1.18 bits per heavy atom. The number of hydrogen-bond acceptors (Lipinski definition) is 7. The van der Waals surface area contributed by atoms with Crippen molar-refractivity contribution in [3.8, 4) is 11.5 Å². The molecule has 128 valence electrons. The number of aliphatic hydroxyl groups excluding tert-OH is 4. The molecule has 0 bridgehead atoms. The molecule has 0 spiro atoms. The zero-order valence-electron chi connectivity index (χ0n) is 12.4. The summed E-state index contributed by atoms with van der Waals surface area (Å²) >= 11 is 0. The van der Waals surface area contributed by atoms with Gasteiger partial charge in [0.1, 0.15) is 0 Å². The Hall–Kier alpha value is -1.87. The number of phenolic OH excluding ortho intramolecular Hbond substituents is 2. The number of carboxylic acid groups (broad SMARTS) is 1. The topological polar surface area (TPSA) is 159 Å². The molecule has 1 aromatic rings. The first kappa shape index (κ1) is 22.4. The van der Waals surface area contributed by atoms with Crippen LogP contribution in [-0.2, 0) is 4.79 Å². The number of rotatable bonds is 5. The molecule has 0 saturated carbocycles. The lowest BCUT2D eigenvalue weighted by atomic mass is 9.93. The minimum Gasteiger partial charge on any atom is -0.504 e. The van der Waals surface area contributed by atoms with E-state index in [0.717, 1.165) is 0 Å². The predicted octanol–water partition coefficient (Wildman–Crippen LogP) is -0.479.